The molecule has 0 aromatic heterocycles. The predicted molar refractivity (Wildman–Crippen MR) is 73.2 cm³/mol. The third-order valence-corrected chi connectivity index (χ3v) is 3.56. The lowest BCUT2D eigenvalue weighted by molar-refractivity contribution is 0.203. The maximum atomic E-state index is 9.11. The Bertz CT molecular complexity index is 321. The van der Waals surface area contributed by atoms with Crippen LogP contribution in [0.1, 0.15) is 33.3 Å². The zero-order valence-corrected chi connectivity index (χ0v) is 11.4. The fraction of sp³-hybridized carbons (Fsp3) is 0.600. The number of benzene rings is 1. The van der Waals surface area contributed by atoms with Crippen molar-refractivity contribution >= 4 is 0 Å². The zero-order valence-electron chi connectivity index (χ0n) is 11.4. The predicted octanol–water partition coefficient (Wildman–Crippen LogP) is 2.57. The summed E-state index contributed by atoms with van der Waals surface area (Å²) in [6.45, 7) is 9.83. The number of hydrogen-bond donors (Lipinski definition) is 2. The van der Waals surface area contributed by atoms with Crippen LogP contribution in [0.4, 0.5) is 0 Å². The van der Waals surface area contributed by atoms with Gasteiger partial charge < -0.3 is 10.4 Å². The van der Waals surface area contributed by atoms with Crippen LogP contribution < -0.4 is 5.32 Å². The van der Waals surface area contributed by atoms with Crippen molar-refractivity contribution in [1.29, 1.82) is 0 Å². The van der Waals surface area contributed by atoms with E-state index in [0.29, 0.717) is 12.0 Å². The summed E-state index contributed by atoms with van der Waals surface area (Å²) < 4.78 is 0. The van der Waals surface area contributed by atoms with Gasteiger partial charge in [-0.25, -0.2) is 0 Å². The second-order valence-corrected chi connectivity index (χ2v) is 5.58. The van der Waals surface area contributed by atoms with Crippen LogP contribution in [0, 0.1) is 5.92 Å². The molecule has 0 saturated heterocycles. The third-order valence-electron chi connectivity index (χ3n) is 3.56. The smallest absolute Gasteiger partial charge is 0.0471 e. The molecule has 0 aliphatic carbocycles. The number of hydrogen-bond acceptors (Lipinski definition) is 2. The Morgan fingerprint density at radius 2 is 1.76 bits per heavy atom. The summed E-state index contributed by atoms with van der Waals surface area (Å²) in [5.74, 6) is 0.293. The Kier molecular flexibility index (Phi) is 5.16. The van der Waals surface area contributed by atoms with Crippen molar-refractivity contribution in [3.05, 3.63) is 35.9 Å². The summed E-state index contributed by atoms with van der Waals surface area (Å²) in [5, 5.41) is 12.6. The van der Waals surface area contributed by atoms with Crippen LogP contribution in [0.15, 0.2) is 30.3 Å². The molecule has 2 atom stereocenters. The minimum absolute atomic E-state index is 0.116. The summed E-state index contributed by atoms with van der Waals surface area (Å²) in [6, 6.07) is 10.9. The van der Waals surface area contributed by atoms with Crippen molar-refractivity contribution in [2.24, 2.45) is 5.92 Å². The first-order valence-corrected chi connectivity index (χ1v) is 6.37. The van der Waals surface area contributed by atoms with Gasteiger partial charge in [-0.2, -0.15) is 0 Å². The van der Waals surface area contributed by atoms with E-state index in [1.807, 2.05) is 6.07 Å². The Hall–Kier alpha value is -0.860. The fourth-order valence-corrected chi connectivity index (χ4v) is 1.77. The van der Waals surface area contributed by atoms with Crippen LogP contribution in [0.5, 0.6) is 0 Å². The van der Waals surface area contributed by atoms with Gasteiger partial charge in [0.15, 0.2) is 0 Å². The largest absolute Gasteiger partial charge is 0.396 e. The summed E-state index contributed by atoms with van der Waals surface area (Å²) in [4.78, 5) is 0. The van der Waals surface area contributed by atoms with Gasteiger partial charge >= 0.3 is 0 Å². The molecule has 0 aliphatic heterocycles. The topological polar surface area (TPSA) is 32.3 Å². The standard InChI is InChI=1S/C15H25NO/c1-12(10-17)13(2)16-11-15(3,4)14-8-6-5-7-9-14/h5-9,12-13,16-17H,10-11H2,1-4H3. The van der Waals surface area contributed by atoms with Crippen molar-refractivity contribution in [2.75, 3.05) is 13.2 Å². The zero-order chi connectivity index (χ0) is 12.9. The number of rotatable bonds is 6. The second-order valence-electron chi connectivity index (χ2n) is 5.58. The second kappa shape index (κ2) is 6.18. The van der Waals surface area contributed by atoms with Crippen LogP contribution in [0.2, 0.25) is 0 Å². The quantitative estimate of drug-likeness (QED) is 0.794. The fourth-order valence-electron chi connectivity index (χ4n) is 1.77. The van der Waals surface area contributed by atoms with E-state index >= 15 is 0 Å². The normalized spacial score (nSPS) is 15.6. The number of aliphatic hydroxyl groups excluding tert-OH is 1. The van der Waals surface area contributed by atoms with E-state index in [1.54, 1.807) is 0 Å². The van der Waals surface area contributed by atoms with E-state index < -0.39 is 0 Å². The summed E-state index contributed by atoms with van der Waals surface area (Å²) >= 11 is 0. The van der Waals surface area contributed by atoms with Gasteiger partial charge in [0, 0.05) is 24.6 Å². The van der Waals surface area contributed by atoms with E-state index in [4.69, 9.17) is 5.11 Å². The monoisotopic (exact) mass is 235 g/mol. The lowest BCUT2D eigenvalue weighted by atomic mass is 9.84. The van der Waals surface area contributed by atoms with E-state index in [1.165, 1.54) is 5.56 Å². The SMILES string of the molecule is CC(CO)C(C)NCC(C)(C)c1ccccc1. The van der Waals surface area contributed by atoms with Gasteiger partial charge in [-0.05, 0) is 18.4 Å². The first kappa shape index (κ1) is 14.2. The number of aliphatic hydroxyl groups is 1. The van der Waals surface area contributed by atoms with Crippen molar-refractivity contribution in [2.45, 2.75) is 39.2 Å². The Morgan fingerprint density at radius 1 is 1.18 bits per heavy atom. The van der Waals surface area contributed by atoms with Gasteiger partial charge in [0.1, 0.15) is 0 Å². The minimum atomic E-state index is 0.116. The maximum Gasteiger partial charge on any atom is 0.0471 e. The Morgan fingerprint density at radius 3 is 2.29 bits per heavy atom. The van der Waals surface area contributed by atoms with E-state index in [-0.39, 0.29) is 12.0 Å². The molecule has 0 aliphatic rings. The van der Waals surface area contributed by atoms with E-state index in [9.17, 15) is 0 Å². The van der Waals surface area contributed by atoms with Crippen LogP contribution in [-0.4, -0.2) is 24.3 Å². The number of nitrogens with one attached hydrogen (secondary N) is 1. The highest BCUT2D eigenvalue weighted by molar-refractivity contribution is 5.23. The molecule has 0 saturated carbocycles. The molecular weight excluding hydrogens is 210 g/mol. The molecule has 2 N–H and O–H groups in total. The molecule has 1 aromatic carbocycles. The van der Waals surface area contributed by atoms with Crippen molar-refractivity contribution in [3.8, 4) is 0 Å². The summed E-state index contributed by atoms with van der Waals surface area (Å²) in [6.07, 6.45) is 0. The highest BCUT2D eigenvalue weighted by Gasteiger charge is 2.21. The van der Waals surface area contributed by atoms with Gasteiger partial charge in [-0.1, -0.05) is 51.1 Å². The van der Waals surface area contributed by atoms with Crippen LogP contribution in [0.3, 0.4) is 0 Å². The van der Waals surface area contributed by atoms with E-state index in [0.717, 1.165) is 6.54 Å². The van der Waals surface area contributed by atoms with Crippen LogP contribution >= 0.6 is 0 Å². The van der Waals surface area contributed by atoms with Crippen molar-refractivity contribution in [1.82, 2.24) is 5.32 Å². The Labute approximate surface area is 105 Å². The molecule has 2 unspecified atom stereocenters. The molecule has 0 spiro atoms. The molecule has 0 heterocycles. The highest BCUT2D eigenvalue weighted by Crippen LogP contribution is 2.22. The van der Waals surface area contributed by atoms with Gasteiger partial charge in [-0.15, -0.1) is 0 Å². The molecule has 0 bridgehead atoms. The highest BCUT2D eigenvalue weighted by atomic mass is 16.3. The van der Waals surface area contributed by atoms with Gasteiger partial charge in [0.2, 0.25) is 0 Å². The van der Waals surface area contributed by atoms with Gasteiger partial charge in [0.25, 0.3) is 0 Å². The summed E-state index contributed by atoms with van der Waals surface area (Å²) in [5.41, 5.74) is 1.46. The molecule has 2 nitrogen and oxygen atoms in total. The summed E-state index contributed by atoms with van der Waals surface area (Å²) in [7, 11) is 0. The maximum absolute atomic E-state index is 9.11. The molecule has 96 valence electrons. The first-order chi connectivity index (χ1) is 7.97. The molecule has 1 rings (SSSR count). The molecule has 17 heavy (non-hydrogen) atoms. The van der Waals surface area contributed by atoms with Crippen molar-refractivity contribution in [3.63, 3.8) is 0 Å². The molecule has 1 aromatic rings. The molecular formula is C15H25NO. The lowest BCUT2D eigenvalue weighted by Gasteiger charge is -2.29. The van der Waals surface area contributed by atoms with Crippen LogP contribution in [-0.2, 0) is 5.41 Å². The third kappa shape index (κ3) is 4.14. The molecule has 0 fully saturated rings. The first-order valence-electron chi connectivity index (χ1n) is 6.37. The van der Waals surface area contributed by atoms with Gasteiger partial charge in [-0.3, -0.25) is 0 Å². The molecule has 0 radical (unpaired) electrons. The van der Waals surface area contributed by atoms with Crippen LogP contribution in [0.25, 0.3) is 0 Å². The average Bonchev–Trinajstić information content (AvgIpc) is 2.36. The van der Waals surface area contributed by atoms with Gasteiger partial charge in [0.05, 0.1) is 0 Å². The van der Waals surface area contributed by atoms with Crippen molar-refractivity contribution < 1.29 is 5.11 Å². The molecule has 0 amide bonds. The average molecular weight is 235 g/mol. The van der Waals surface area contributed by atoms with E-state index in [2.05, 4.69) is 57.3 Å². The Balaban J connectivity index is 2.56. The molecule has 2 heteroatoms. The lowest BCUT2D eigenvalue weighted by Crippen LogP contribution is -2.41. The minimum Gasteiger partial charge on any atom is -0.396 e.